The van der Waals surface area contributed by atoms with Gasteiger partial charge in [0.1, 0.15) is 0 Å². The van der Waals surface area contributed by atoms with Crippen molar-refractivity contribution in [1.29, 1.82) is 0 Å². The summed E-state index contributed by atoms with van der Waals surface area (Å²) in [7, 11) is 0. The van der Waals surface area contributed by atoms with Crippen LogP contribution in [-0.2, 0) is 4.79 Å². The second kappa shape index (κ2) is 8.33. The second-order valence-electron chi connectivity index (χ2n) is 6.32. The molecule has 1 unspecified atom stereocenters. The highest BCUT2D eigenvalue weighted by molar-refractivity contribution is 6.30. The molecule has 7 nitrogen and oxygen atoms in total. The Morgan fingerprint density at radius 1 is 1.31 bits per heavy atom. The first-order valence-electron chi connectivity index (χ1n) is 8.66. The van der Waals surface area contributed by atoms with Crippen LogP contribution in [0, 0.1) is 5.92 Å². The lowest BCUT2D eigenvalue weighted by Gasteiger charge is -2.31. The Morgan fingerprint density at radius 2 is 2.08 bits per heavy atom. The van der Waals surface area contributed by atoms with Crippen molar-refractivity contribution in [3.8, 4) is 5.69 Å². The van der Waals surface area contributed by atoms with Crippen molar-refractivity contribution in [2.75, 3.05) is 26.2 Å². The molecule has 3 rings (SSSR count). The van der Waals surface area contributed by atoms with Gasteiger partial charge < -0.3 is 16.0 Å². The van der Waals surface area contributed by atoms with Crippen LogP contribution in [0.3, 0.4) is 0 Å². The number of hydrogen-bond donors (Lipinski definition) is 2. The molecule has 3 N–H and O–H groups in total. The first-order valence-corrected chi connectivity index (χ1v) is 9.04. The van der Waals surface area contributed by atoms with Gasteiger partial charge in [-0.15, -0.1) is 0 Å². The maximum atomic E-state index is 12.8. The number of piperidine rings is 1. The van der Waals surface area contributed by atoms with Crippen molar-refractivity contribution in [3.63, 3.8) is 0 Å². The molecule has 2 amide bonds. The Balaban J connectivity index is 1.67. The average Bonchev–Trinajstić information content (AvgIpc) is 3.16. The average molecular weight is 376 g/mol. The molecule has 1 fully saturated rings. The summed E-state index contributed by atoms with van der Waals surface area (Å²) < 4.78 is 1.64. The lowest BCUT2D eigenvalue weighted by atomic mass is 9.96. The van der Waals surface area contributed by atoms with Gasteiger partial charge >= 0.3 is 0 Å². The maximum absolute atomic E-state index is 12.8. The SMILES string of the molecule is NCCNC(=O)C1CCCN(C(=O)c2cnn(-c3ccc(Cl)cc3)c2)C1. The van der Waals surface area contributed by atoms with E-state index in [-0.39, 0.29) is 17.7 Å². The summed E-state index contributed by atoms with van der Waals surface area (Å²) in [5, 5.41) is 7.70. The Morgan fingerprint density at radius 3 is 2.81 bits per heavy atom. The summed E-state index contributed by atoms with van der Waals surface area (Å²) in [5.74, 6) is -0.336. The number of benzene rings is 1. The number of nitrogens with one attached hydrogen (secondary N) is 1. The standard InChI is InChI=1S/C18H22ClN5O2/c19-15-3-5-16(6-4-15)24-12-14(10-22-24)18(26)23-9-1-2-13(11-23)17(25)21-8-7-20/h3-6,10,12-13H,1-2,7-9,11,20H2,(H,21,25). The molecule has 2 aromatic rings. The van der Waals surface area contributed by atoms with E-state index in [9.17, 15) is 9.59 Å². The molecule has 0 spiro atoms. The number of halogens is 1. The van der Waals surface area contributed by atoms with Gasteiger partial charge in [-0.3, -0.25) is 9.59 Å². The molecule has 0 aliphatic carbocycles. The van der Waals surface area contributed by atoms with Crippen LogP contribution in [0.5, 0.6) is 0 Å². The summed E-state index contributed by atoms with van der Waals surface area (Å²) in [4.78, 5) is 26.6. The van der Waals surface area contributed by atoms with E-state index in [4.69, 9.17) is 17.3 Å². The second-order valence-corrected chi connectivity index (χ2v) is 6.76. The van der Waals surface area contributed by atoms with Gasteiger partial charge in [0, 0.05) is 37.4 Å². The van der Waals surface area contributed by atoms with Crippen molar-refractivity contribution < 1.29 is 9.59 Å². The fourth-order valence-electron chi connectivity index (χ4n) is 3.07. The van der Waals surface area contributed by atoms with Crippen LogP contribution in [0.25, 0.3) is 5.69 Å². The number of carbonyl (C=O) groups excluding carboxylic acids is 2. The molecule has 0 radical (unpaired) electrons. The number of carbonyl (C=O) groups is 2. The molecule has 1 atom stereocenters. The molecule has 1 aliphatic rings. The summed E-state index contributed by atoms with van der Waals surface area (Å²) in [6, 6.07) is 7.22. The number of rotatable bonds is 5. The van der Waals surface area contributed by atoms with E-state index in [2.05, 4.69) is 10.4 Å². The zero-order chi connectivity index (χ0) is 18.5. The van der Waals surface area contributed by atoms with Gasteiger partial charge in [-0.2, -0.15) is 5.10 Å². The van der Waals surface area contributed by atoms with Crippen molar-refractivity contribution in [1.82, 2.24) is 20.0 Å². The van der Waals surface area contributed by atoms with Gasteiger partial charge in [-0.05, 0) is 37.1 Å². The Kier molecular flexibility index (Phi) is 5.90. The molecule has 1 aromatic carbocycles. The van der Waals surface area contributed by atoms with Crippen LogP contribution in [-0.4, -0.2) is 52.7 Å². The number of nitrogens with zero attached hydrogens (tertiary/aromatic N) is 3. The van der Waals surface area contributed by atoms with E-state index < -0.39 is 0 Å². The number of nitrogens with two attached hydrogens (primary N) is 1. The number of hydrogen-bond acceptors (Lipinski definition) is 4. The van der Waals surface area contributed by atoms with E-state index in [0.717, 1.165) is 18.5 Å². The minimum atomic E-state index is -0.189. The quantitative estimate of drug-likeness (QED) is 0.827. The highest BCUT2D eigenvalue weighted by Gasteiger charge is 2.29. The van der Waals surface area contributed by atoms with Gasteiger partial charge in [-0.1, -0.05) is 11.6 Å². The normalized spacial score (nSPS) is 17.2. The predicted octanol–water partition coefficient (Wildman–Crippen LogP) is 1.45. The summed E-state index contributed by atoms with van der Waals surface area (Å²) in [5.41, 5.74) is 6.75. The third-order valence-electron chi connectivity index (χ3n) is 4.44. The van der Waals surface area contributed by atoms with Crippen molar-refractivity contribution in [3.05, 3.63) is 47.2 Å². The van der Waals surface area contributed by atoms with E-state index in [1.165, 1.54) is 0 Å². The molecular formula is C18H22ClN5O2. The molecule has 0 bridgehead atoms. The molecule has 2 heterocycles. The third kappa shape index (κ3) is 4.23. The van der Waals surface area contributed by atoms with Gasteiger partial charge in [-0.25, -0.2) is 4.68 Å². The molecule has 26 heavy (non-hydrogen) atoms. The van der Waals surface area contributed by atoms with E-state index in [0.29, 0.717) is 36.8 Å². The van der Waals surface area contributed by atoms with E-state index in [1.54, 1.807) is 34.1 Å². The van der Waals surface area contributed by atoms with Gasteiger partial charge in [0.15, 0.2) is 0 Å². The van der Waals surface area contributed by atoms with Crippen LogP contribution in [0.4, 0.5) is 0 Å². The summed E-state index contributed by atoms with van der Waals surface area (Å²) in [6.07, 6.45) is 4.83. The summed E-state index contributed by atoms with van der Waals surface area (Å²) in [6.45, 7) is 1.93. The topological polar surface area (TPSA) is 93.2 Å². The fraction of sp³-hybridized carbons (Fsp3) is 0.389. The monoisotopic (exact) mass is 375 g/mol. The van der Waals surface area contributed by atoms with Crippen LogP contribution >= 0.6 is 11.6 Å². The fourth-order valence-corrected chi connectivity index (χ4v) is 3.19. The molecule has 1 aromatic heterocycles. The van der Waals surface area contributed by atoms with Crippen LogP contribution in [0.15, 0.2) is 36.7 Å². The molecular weight excluding hydrogens is 354 g/mol. The smallest absolute Gasteiger partial charge is 0.257 e. The number of likely N-dealkylation sites (tertiary alicyclic amines) is 1. The van der Waals surface area contributed by atoms with Gasteiger partial charge in [0.25, 0.3) is 5.91 Å². The van der Waals surface area contributed by atoms with Crippen molar-refractivity contribution in [2.45, 2.75) is 12.8 Å². The lowest BCUT2D eigenvalue weighted by molar-refractivity contribution is -0.126. The Bertz CT molecular complexity index is 774. The van der Waals surface area contributed by atoms with Crippen LogP contribution in [0.2, 0.25) is 5.02 Å². The lowest BCUT2D eigenvalue weighted by Crippen LogP contribution is -2.46. The molecule has 138 valence electrons. The highest BCUT2D eigenvalue weighted by Crippen LogP contribution is 2.20. The first-order chi connectivity index (χ1) is 12.6. The largest absolute Gasteiger partial charge is 0.355 e. The van der Waals surface area contributed by atoms with Crippen molar-refractivity contribution >= 4 is 23.4 Å². The zero-order valence-corrected chi connectivity index (χ0v) is 15.2. The Labute approximate surface area is 157 Å². The minimum absolute atomic E-state index is 0.0372. The third-order valence-corrected chi connectivity index (χ3v) is 4.70. The summed E-state index contributed by atoms with van der Waals surface area (Å²) >= 11 is 5.90. The Hall–Kier alpha value is -2.38. The van der Waals surface area contributed by atoms with Crippen LogP contribution in [0.1, 0.15) is 23.2 Å². The molecule has 0 saturated carbocycles. The maximum Gasteiger partial charge on any atom is 0.257 e. The van der Waals surface area contributed by atoms with E-state index >= 15 is 0 Å². The molecule has 8 heteroatoms. The van der Waals surface area contributed by atoms with Gasteiger partial charge in [0.2, 0.25) is 5.91 Å². The predicted molar refractivity (Wildman–Crippen MR) is 99.3 cm³/mol. The number of aromatic nitrogens is 2. The molecule has 1 aliphatic heterocycles. The van der Waals surface area contributed by atoms with E-state index in [1.807, 2.05) is 12.1 Å². The van der Waals surface area contributed by atoms with Gasteiger partial charge in [0.05, 0.1) is 23.4 Å². The van der Waals surface area contributed by atoms with Crippen molar-refractivity contribution in [2.24, 2.45) is 11.7 Å². The highest BCUT2D eigenvalue weighted by atomic mass is 35.5. The van der Waals surface area contributed by atoms with Crippen LogP contribution < -0.4 is 11.1 Å². The zero-order valence-electron chi connectivity index (χ0n) is 14.4. The molecule has 1 saturated heterocycles. The number of amides is 2. The first kappa shape index (κ1) is 18.4. The minimum Gasteiger partial charge on any atom is -0.355 e.